The van der Waals surface area contributed by atoms with E-state index in [1.54, 1.807) is 7.11 Å². The number of aliphatic hydroxyl groups is 1. The Bertz CT molecular complexity index is 448. The lowest BCUT2D eigenvalue weighted by Crippen LogP contribution is -2.05. The number of aliphatic hydroxyl groups excluding tert-OH is 1. The van der Waals surface area contributed by atoms with E-state index in [1.807, 2.05) is 0 Å². The van der Waals surface area contributed by atoms with Gasteiger partial charge in [0.2, 0.25) is 0 Å². The Kier molecular flexibility index (Phi) is 4.45. The Morgan fingerprint density at radius 1 is 1.60 bits per heavy atom. The Morgan fingerprint density at radius 3 is 2.93 bits per heavy atom. The van der Waals surface area contributed by atoms with Crippen LogP contribution in [0.25, 0.3) is 11.0 Å². The van der Waals surface area contributed by atoms with Crippen LogP contribution in [-0.4, -0.2) is 45.6 Å². The Labute approximate surface area is 85.1 Å². The first-order valence-electron chi connectivity index (χ1n) is 4.26. The molecule has 0 bridgehead atoms. The van der Waals surface area contributed by atoms with Crippen LogP contribution in [-0.2, 0) is 4.74 Å². The molecule has 0 saturated heterocycles. The number of hydrogen-bond acceptors (Lipinski definition) is 5. The van der Waals surface area contributed by atoms with Crippen molar-refractivity contribution in [1.29, 1.82) is 0 Å². The highest BCUT2D eigenvalue weighted by atomic mass is 16.5. The summed E-state index contributed by atoms with van der Waals surface area (Å²) in [6.07, 6.45) is 2.85. The van der Waals surface area contributed by atoms with Crippen LogP contribution >= 0.6 is 0 Å². The fourth-order valence-electron chi connectivity index (χ4n) is 0.869. The summed E-state index contributed by atoms with van der Waals surface area (Å²) in [5.74, 6) is 0. The molecule has 0 aliphatic rings. The molecule has 0 aromatic carbocycles. The summed E-state index contributed by atoms with van der Waals surface area (Å²) in [6, 6.07) is 0. The van der Waals surface area contributed by atoms with Gasteiger partial charge in [0, 0.05) is 7.11 Å². The number of nitrogens with one attached hydrogen (secondary N) is 2. The van der Waals surface area contributed by atoms with Gasteiger partial charge < -0.3 is 14.8 Å². The van der Waals surface area contributed by atoms with Gasteiger partial charge in [-0.3, -0.25) is 9.89 Å². The van der Waals surface area contributed by atoms with Gasteiger partial charge >= 0.3 is 0 Å². The fraction of sp³-hybridized carbons (Fsp3) is 0.375. The molecular formula is C8H12N4O3. The van der Waals surface area contributed by atoms with Gasteiger partial charge in [-0.1, -0.05) is 0 Å². The highest BCUT2D eigenvalue weighted by molar-refractivity contribution is 5.70. The molecule has 7 heteroatoms. The minimum Gasteiger partial charge on any atom is -0.394 e. The number of methoxy groups -OCH3 is 1. The summed E-state index contributed by atoms with van der Waals surface area (Å²) in [5, 5.41) is 14.1. The van der Waals surface area contributed by atoms with Crippen LogP contribution in [0, 0.1) is 0 Å². The number of rotatable bonds is 2. The molecule has 0 radical (unpaired) electrons. The molecule has 0 unspecified atom stereocenters. The topological polar surface area (TPSA) is 104 Å². The van der Waals surface area contributed by atoms with Crippen molar-refractivity contribution in [2.75, 3.05) is 20.3 Å². The molecule has 0 fully saturated rings. The minimum atomic E-state index is -0.192. The van der Waals surface area contributed by atoms with Crippen molar-refractivity contribution < 1.29 is 9.84 Å². The molecule has 0 aliphatic carbocycles. The van der Waals surface area contributed by atoms with E-state index in [-0.39, 0.29) is 12.2 Å². The number of ether oxygens (including phenoxy) is 1. The van der Waals surface area contributed by atoms with Crippen molar-refractivity contribution in [2.24, 2.45) is 0 Å². The number of aromatic amines is 2. The average Bonchev–Trinajstić information content (AvgIpc) is 2.69. The maximum absolute atomic E-state index is 10.9. The molecule has 7 nitrogen and oxygen atoms in total. The van der Waals surface area contributed by atoms with Crippen LogP contribution in [0.5, 0.6) is 0 Å². The van der Waals surface area contributed by atoms with Gasteiger partial charge in [0.25, 0.3) is 5.56 Å². The van der Waals surface area contributed by atoms with E-state index in [4.69, 9.17) is 5.11 Å². The smallest absolute Gasteiger partial charge is 0.276 e. The van der Waals surface area contributed by atoms with Gasteiger partial charge in [-0.15, -0.1) is 0 Å². The molecule has 3 N–H and O–H groups in total. The lowest BCUT2D eigenvalue weighted by molar-refractivity contribution is 0.135. The molecule has 0 amide bonds. The zero-order valence-electron chi connectivity index (χ0n) is 8.23. The van der Waals surface area contributed by atoms with Crippen LogP contribution in [0.15, 0.2) is 17.3 Å². The normalized spacial score (nSPS) is 9.73. The van der Waals surface area contributed by atoms with Crippen LogP contribution in [0.1, 0.15) is 0 Å². The number of hydrogen-bond donors (Lipinski definition) is 3. The Hall–Kier alpha value is -1.73. The maximum Gasteiger partial charge on any atom is 0.276 e. The second-order valence-electron chi connectivity index (χ2n) is 2.58. The third-order valence-corrected chi connectivity index (χ3v) is 1.54. The summed E-state index contributed by atoms with van der Waals surface area (Å²) >= 11 is 0. The number of aromatic nitrogens is 4. The van der Waals surface area contributed by atoms with Crippen molar-refractivity contribution in [3.8, 4) is 0 Å². The first kappa shape index (κ1) is 11.3. The SMILES string of the molecule is COCCO.O=c1[nH]cnc2cn[nH]c12. The summed E-state index contributed by atoms with van der Waals surface area (Å²) in [4.78, 5) is 17.1. The molecule has 15 heavy (non-hydrogen) atoms. The Morgan fingerprint density at radius 2 is 2.40 bits per heavy atom. The standard InChI is InChI=1S/C5H4N4O.C3H8O2/c10-5-4-3(1-8-9-4)6-2-7-5;1-5-3-2-4/h1-2H,(H,8,9)(H,6,7,10);4H,2-3H2,1H3. The van der Waals surface area contributed by atoms with E-state index in [0.29, 0.717) is 17.6 Å². The van der Waals surface area contributed by atoms with E-state index in [0.717, 1.165) is 0 Å². The third kappa shape index (κ3) is 3.15. The van der Waals surface area contributed by atoms with Crippen LogP contribution in [0.3, 0.4) is 0 Å². The van der Waals surface area contributed by atoms with Crippen molar-refractivity contribution in [3.63, 3.8) is 0 Å². The van der Waals surface area contributed by atoms with Crippen LogP contribution in [0.4, 0.5) is 0 Å². The second-order valence-corrected chi connectivity index (χ2v) is 2.58. The lowest BCUT2D eigenvalue weighted by atomic mass is 10.5. The van der Waals surface area contributed by atoms with E-state index in [1.165, 1.54) is 12.5 Å². The van der Waals surface area contributed by atoms with E-state index in [2.05, 4.69) is 24.9 Å². The molecule has 0 spiro atoms. The summed E-state index contributed by atoms with van der Waals surface area (Å²) < 4.78 is 4.44. The molecule has 2 aromatic heterocycles. The minimum absolute atomic E-state index is 0.122. The predicted octanol–water partition coefficient (Wildman–Crippen LogP) is -0.729. The highest BCUT2D eigenvalue weighted by Gasteiger charge is 1.97. The molecule has 0 atom stereocenters. The zero-order chi connectivity index (χ0) is 11.1. The Balaban J connectivity index is 0.000000195. The fourth-order valence-corrected chi connectivity index (χ4v) is 0.869. The van der Waals surface area contributed by atoms with Crippen molar-refractivity contribution >= 4 is 11.0 Å². The van der Waals surface area contributed by atoms with Gasteiger partial charge in [0.05, 0.1) is 25.7 Å². The predicted molar refractivity (Wildman–Crippen MR) is 53.5 cm³/mol. The summed E-state index contributed by atoms with van der Waals surface area (Å²) in [5.41, 5.74) is 0.814. The third-order valence-electron chi connectivity index (χ3n) is 1.54. The lowest BCUT2D eigenvalue weighted by Gasteiger charge is -1.84. The van der Waals surface area contributed by atoms with E-state index < -0.39 is 0 Å². The first-order chi connectivity index (χ1) is 7.29. The second kappa shape index (κ2) is 5.89. The maximum atomic E-state index is 10.9. The summed E-state index contributed by atoms with van der Waals surface area (Å²) in [6.45, 7) is 0.566. The van der Waals surface area contributed by atoms with E-state index >= 15 is 0 Å². The molecule has 82 valence electrons. The largest absolute Gasteiger partial charge is 0.394 e. The highest BCUT2D eigenvalue weighted by Crippen LogP contribution is 1.96. The number of fused-ring (bicyclic) bond motifs is 1. The molecule has 2 aromatic rings. The van der Waals surface area contributed by atoms with Gasteiger partial charge in [0.15, 0.2) is 0 Å². The average molecular weight is 212 g/mol. The first-order valence-corrected chi connectivity index (χ1v) is 4.26. The number of H-pyrrole nitrogens is 2. The van der Waals surface area contributed by atoms with Gasteiger partial charge in [0.1, 0.15) is 11.0 Å². The van der Waals surface area contributed by atoms with Crippen molar-refractivity contribution in [2.45, 2.75) is 0 Å². The quantitative estimate of drug-likeness (QED) is 0.609. The van der Waals surface area contributed by atoms with Crippen LogP contribution in [0.2, 0.25) is 0 Å². The van der Waals surface area contributed by atoms with E-state index in [9.17, 15) is 4.79 Å². The van der Waals surface area contributed by atoms with Gasteiger partial charge in [-0.05, 0) is 0 Å². The number of nitrogens with zero attached hydrogens (tertiary/aromatic N) is 2. The molecule has 0 aliphatic heterocycles. The molecule has 0 saturated carbocycles. The monoisotopic (exact) mass is 212 g/mol. The molecular weight excluding hydrogens is 200 g/mol. The zero-order valence-corrected chi connectivity index (χ0v) is 8.23. The van der Waals surface area contributed by atoms with Gasteiger partial charge in [-0.25, -0.2) is 4.98 Å². The van der Waals surface area contributed by atoms with Crippen LogP contribution < -0.4 is 5.56 Å². The summed E-state index contributed by atoms with van der Waals surface area (Å²) in [7, 11) is 1.55. The molecule has 2 heterocycles. The van der Waals surface area contributed by atoms with Crippen molar-refractivity contribution in [3.05, 3.63) is 22.9 Å². The molecule has 2 rings (SSSR count). The van der Waals surface area contributed by atoms with Crippen molar-refractivity contribution in [1.82, 2.24) is 20.2 Å². The van der Waals surface area contributed by atoms with Gasteiger partial charge in [-0.2, -0.15) is 5.10 Å².